The number of carbonyl (C=O) groups excluding carboxylic acids is 1. The van der Waals surface area contributed by atoms with Gasteiger partial charge in [-0.3, -0.25) is 9.48 Å². The van der Waals surface area contributed by atoms with E-state index < -0.39 is 5.91 Å². The number of nitrogens with two attached hydrogens (primary N) is 1. The van der Waals surface area contributed by atoms with E-state index in [1.807, 2.05) is 25.1 Å². The number of aryl methyl sites for hydroxylation is 2. The zero-order valence-corrected chi connectivity index (χ0v) is 15.1. The van der Waals surface area contributed by atoms with Crippen molar-refractivity contribution in [2.45, 2.75) is 13.5 Å². The van der Waals surface area contributed by atoms with Crippen molar-refractivity contribution in [2.75, 3.05) is 10.6 Å². The van der Waals surface area contributed by atoms with E-state index in [2.05, 4.69) is 25.7 Å². The molecule has 3 aromatic rings. The minimum absolute atomic E-state index is 0.200. The lowest BCUT2D eigenvalue weighted by Gasteiger charge is -2.13. The van der Waals surface area contributed by atoms with Gasteiger partial charge in [0.2, 0.25) is 5.95 Å². The molecule has 2 heterocycles. The first-order chi connectivity index (χ1) is 12.4. The summed E-state index contributed by atoms with van der Waals surface area (Å²) in [6, 6.07) is 5.67. The molecule has 26 heavy (non-hydrogen) atoms. The summed E-state index contributed by atoms with van der Waals surface area (Å²) >= 11 is 6.25. The van der Waals surface area contributed by atoms with Crippen LogP contribution in [0.2, 0.25) is 5.02 Å². The van der Waals surface area contributed by atoms with E-state index in [4.69, 9.17) is 17.3 Å². The summed E-state index contributed by atoms with van der Waals surface area (Å²) in [7, 11) is 1.81. The molecule has 0 aliphatic carbocycles. The maximum Gasteiger partial charge on any atom is 0.254 e. The standard InChI is InChI=1S/C17H18ClN7O/c1-10-4-3-5-14(18)12(10)7-20-16-13(15(19)26)8-21-17(24-16)23-11-6-22-25(2)9-11/h3-6,8-9H,7H2,1-2H3,(H2,19,26)(H2,20,21,23,24). The first-order valence-electron chi connectivity index (χ1n) is 7.84. The summed E-state index contributed by atoms with van der Waals surface area (Å²) in [5.74, 6) is 0.0379. The summed E-state index contributed by atoms with van der Waals surface area (Å²) in [6.07, 6.45) is 4.81. The van der Waals surface area contributed by atoms with Crippen molar-refractivity contribution in [1.82, 2.24) is 19.7 Å². The number of amides is 1. The minimum atomic E-state index is -0.615. The molecular weight excluding hydrogens is 354 g/mol. The van der Waals surface area contributed by atoms with Crippen LogP contribution in [0.15, 0.2) is 36.8 Å². The lowest BCUT2D eigenvalue weighted by molar-refractivity contribution is 0.100. The van der Waals surface area contributed by atoms with Crippen molar-refractivity contribution in [1.29, 1.82) is 0 Å². The highest BCUT2D eigenvalue weighted by molar-refractivity contribution is 6.31. The number of rotatable bonds is 6. The summed E-state index contributed by atoms with van der Waals surface area (Å²) in [5, 5.41) is 10.9. The highest BCUT2D eigenvalue weighted by Gasteiger charge is 2.13. The van der Waals surface area contributed by atoms with Crippen LogP contribution in [0, 0.1) is 6.92 Å². The van der Waals surface area contributed by atoms with Gasteiger partial charge in [0, 0.05) is 31.0 Å². The van der Waals surface area contributed by atoms with Crippen LogP contribution in [0.25, 0.3) is 0 Å². The zero-order valence-electron chi connectivity index (χ0n) is 14.3. The van der Waals surface area contributed by atoms with Crippen molar-refractivity contribution in [3.05, 3.63) is 58.5 Å². The third-order valence-electron chi connectivity index (χ3n) is 3.80. The number of nitrogens with zero attached hydrogens (tertiary/aromatic N) is 4. The molecule has 9 heteroatoms. The van der Waals surface area contributed by atoms with Crippen molar-refractivity contribution < 1.29 is 4.79 Å². The van der Waals surface area contributed by atoms with E-state index in [0.29, 0.717) is 23.3 Å². The normalized spacial score (nSPS) is 10.6. The third kappa shape index (κ3) is 3.92. The molecule has 1 amide bonds. The van der Waals surface area contributed by atoms with Crippen LogP contribution in [0.4, 0.5) is 17.5 Å². The maximum absolute atomic E-state index is 11.7. The summed E-state index contributed by atoms with van der Waals surface area (Å²) < 4.78 is 1.65. The van der Waals surface area contributed by atoms with Crippen molar-refractivity contribution >= 4 is 35.0 Å². The van der Waals surface area contributed by atoms with E-state index in [1.165, 1.54) is 6.20 Å². The van der Waals surface area contributed by atoms with Crippen molar-refractivity contribution in [2.24, 2.45) is 12.8 Å². The number of hydrogen-bond donors (Lipinski definition) is 3. The van der Waals surface area contributed by atoms with Gasteiger partial charge in [0.1, 0.15) is 5.82 Å². The molecular formula is C17H18ClN7O. The van der Waals surface area contributed by atoms with Crippen LogP contribution in [-0.2, 0) is 13.6 Å². The fraction of sp³-hybridized carbons (Fsp3) is 0.176. The molecule has 0 unspecified atom stereocenters. The number of primary amides is 1. The third-order valence-corrected chi connectivity index (χ3v) is 4.16. The van der Waals surface area contributed by atoms with Crippen LogP contribution in [-0.4, -0.2) is 25.7 Å². The van der Waals surface area contributed by atoms with Crippen molar-refractivity contribution in [3.8, 4) is 0 Å². The number of nitrogens with one attached hydrogen (secondary N) is 2. The first-order valence-corrected chi connectivity index (χ1v) is 8.22. The molecule has 0 aliphatic heterocycles. The molecule has 3 rings (SSSR count). The van der Waals surface area contributed by atoms with Gasteiger partial charge < -0.3 is 16.4 Å². The second-order valence-electron chi connectivity index (χ2n) is 5.74. The minimum Gasteiger partial charge on any atom is -0.365 e. The van der Waals surface area contributed by atoms with Gasteiger partial charge in [0.05, 0.1) is 17.4 Å². The molecule has 4 N–H and O–H groups in total. The Bertz CT molecular complexity index is 934. The number of aromatic nitrogens is 4. The average Bonchev–Trinajstić information content (AvgIpc) is 2.99. The van der Waals surface area contributed by atoms with Gasteiger partial charge in [-0.05, 0) is 24.1 Å². The van der Waals surface area contributed by atoms with Gasteiger partial charge in [0.25, 0.3) is 5.91 Å². The number of anilines is 3. The number of hydrogen-bond acceptors (Lipinski definition) is 6. The first kappa shape index (κ1) is 17.7. The molecule has 0 saturated heterocycles. The highest BCUT2D eigenvalue weighted by Crippen LogP contribution is 2.22. The quantitative estimate of drug-likeness (QED) is 0.614. The molecule has 0 atom stereocenters. The molecule has 8 nitrogen and oxygen atoms in total. The van der Waals surface area contributed by atoms with E-state index in [0.717, 1.165) is 16.8 Å². The Morgan fingerprint density at radius 2 is 2.15 bits per heavy atom. The lowest BCUT2D eigenvalue weighted by Crippen LogP contribution is -2.17. The fourth-order valence-corrected chi connectivity index (χ4v) is 2.72. The second-order valence-corrected chi connectivity index (χ2v) is 6.14. The van der Waals surface area contributed by atoms with Gasteiger partial charge in [-0.2, -0.15) is 10.1 Å². The molecule has 0 spiro atoms. The molecule has 0 fully saturated rings. The summed E-state index contributed by atoms with van der Waals surface area (Å²) in [4.78, 5) is 20.2. The average molecular weight is 372 g/mol. The predicted octanol–water partition coefficient (Wildman–Crippen LogP) is 2.63. The largest absolute Gasteiger partial charge is 0.365 e. The van der Waals surface area contributed by atoms with E-state index in [1.54, 1.807) is 24.1 Å². The molecule has 0 aliphatic rings. The predicted molar refractivity (Wildman–Crippen MR) is 101 cm³/mol. The summed E-state index contributed by atoms with van der Waals surface area (Å²) in [6.45, 7) is 2.36. The molecule has 0 bridgehead atoms. The Kier molecular flexibility index (Phi) is 5.04. The Morgan fingerprint density at radius 3 is 2.81 bits per heavy atom. The Balaban J connectivity index is 1.86. The number of halogens is 1. The van der Waals surface area contributed by atoms with Crippen LogP contribution in [0.1, 0.15) is 21.5 Å². The zero-order chi connectivity index (χ0) is 18.7. The topological polar surface area (TPSA) is 111 Å². The van der Waals surface area contributed by atoms with Crippen LogP contribution in [0.5, 0.6) is 0 Å². The monoisotopic (exact) mass is 371 g/mol. The second kappa shape index (κ2) is 7.40. The van der Waals surface area contributed by atoms with Gasteiger partial charge in [-0.15, -0.1) is 0 Å². The van der Waals surface area contributed by atoms with E-state index >= 15 is 0 Å². The Hall–Kier alpha value is -3.13. The van der Waals surface area contributed by atoms with Crippen LogP contribution >= 0.6 is 11.6 Å². The number of benzene rings is 1. The fourth-order valence-electron chi connectivity index (χ4n) is 2.43. The Morgan fingerprint density at radius 1 is 1.35 bits per heavy atom. The molecule has 0 saturated carbocycles. The molecule has 0 radical (unpaired) electrons. The Labute approximate surface area is 155 Å². The van der Waals surface area contributed by atoms with Crippen LogP contribution in [0.3, 0.4) is 0 Å². The van der Waals surface area contributed by atoms with Gasteiger partial charge in [0.15, 0.2) is 0 Å². The van der Waals surface area contributed by atoms with E-state index in [-0.39, 0.29) is 5.56 Å². The molecule has 2 aromatic heterocycles. The SMILES string of the molecule is Cc1cccc(Cl)c1CNc1nc(Nc2cnn(C)c2)ncc1C(N)=O. The molecule has 1 aromatic carbocycles. The lowest BCUT2D eigenvalue weighted by atomic mass is 10.1. The smallest absolute Gasteiger partial charge is 0.254 e. The van der Waals surface area contributed by atoms with Crippen LogP contribution < -0.4 is 16.4 Å². The number of carbonyl (C=O) groups is 1. The maximum atomic E-state index is 11.7. The molecule has 134 valence electrons. The van der Waals surface area contributed by atoms with Crippen molar-refractivity contribution in [3.63, 3.8) is 0 Å². The van der Waals surface area contributed by atoms with Gasteiger partial charge in [-0.1, -0.05) is 23.7 Å². The highest BCUT2D eigenvalue weighted by atomic mass is 35.5. The van der Waals surface area contributed by atoms with Gasteiger partial charge >= 0.3 is 0 Å². The summed E-state index contributed by atoms with van der Waals surface area (Å²) in [5.41, 5.74) is 8.32. The van der Waals surface area contributed by atoms with Gasteiger partial charge in [-0.25, -0.2) is 4.98 Å². The van der Waals surface area contributed by atoms with E-state index in [9.17, 15) is 4.79 Å².